The van der Waals surface area contributed by atoms with Crippen molar-refractivity contribution >= 4 is 29.9 Å². The number of hydrogen-bond acceptors (Lipinski definition) is 4. The average Bonchev–Trinajstić information content (AvgIpc) is 3.13. The normalized spacial score (nSPS) is 34.2. The van der Waals surface area contributed by atoms with Gasteiger partial charge >= 0.3 is 0 Å². The molecule has 0 aromatic carbocycles. The molecule has 2 saturated carbocycles. The Kier molecular flexibility index (Phi) is 4.92. The van der Waals surface area contributed by atoms with E-state index < -0.39 is 0 Å². The average molecular weight is 472 g/mol. The van der Waals surface area contributed by atoms with Gasteiger partial charge in [-0.3, -0.25) is 4.99 Å². The van der Waals surface area contributed by atoms with Gasteiger partial charge in [-0.15, -0.1) is 24.0 Å². The number of ether oxygens (including phenoxy) is 1. The molecule has 5 rings (SSSR count). The Morgan fingerprint density at radius 3 is 2.88 bits per heavy atom. The van der Waals surface area contributed by atoms with E-state index in [4.69, 9.17) is 4.74 Å². The van der Waals surface area contributed by atoms with Crippen LogP contribution in [0.15, 0.2) is 4.99 Å². The zero-order valence-corrected chi connectivity index (χ0v) is 17.9. The molecule has 1 saturated heterocycles. The smallest absolute Gasteiger partial charge is 0.191 e. The van der Waals surface area contributed by atoms with E-state index in [9.17, 15) is 0 Å². The molecule has 0 amide bonds. The molecule has 4 unspecified atom stereocenters. The Balaban J connectivity index is 0.00000168. The number of nitrogens with one attached hydrogen (secondary N) is 2. The number of fused-ring (bicyclic) bond motifs is 3. The Bertz CT molecular complexity index is 700. The lowest BCUT2D eigenvalue weighted by Crippen LogP contribution is -2.72. The van der Waals surface area contributed by atoms with Crippen LogP contribution < -0.4 is 10.6 Å². The predicted octanol–water partition coefficient (Wildman–Crippen LogP) is 1.64. The number of nitrogens with zero attached hydrogens (tertiary/aromatic N) is 4. The van der Waals surface area contributed by atoms with Crippen molar-refractivity contribution in [2.75, 3.05) is 13.7 Å². The lowest BCUT2D eigenvalue weighted by molar-refractivity contribution is -0.171. The molecule has 2 aliphatic heterocycles. The maximum absolute atomic E-state index is 6.03. The number of hydrogen-bond donors (Lipinski definition) is 2. The van der Waals surface area contributed by atoms with Crippen LogP contribution >= 0.6 is 24.0 Å². The fraction of sp³-hybridized carbons (Fsp3) is 0.833. The van der Waals surface area contributed by atoms with Crippen molar-refractivity contribution in [2.24, 2.45) is 16.3 Å². The number of guanidine groups is 1. The van der Waals surface area contributed by atoms with Crippen LogP contribution in [0.25, 0.3) is 0 Å². The quantitative estimate of drug-likeness (QED) is 0.389. The van der Waals surface area contributed by atoms with E-state index in [1.54, 1.807) is 0 Å². The van der Waals surface area contributed by atoms with Crippen LogP contribution in [0, 0.1) is 18.3 Å². The van der Waals surface area contributed by atoms with Gasteiger partial charge in [0.2, 0.25) is 0 Å². The van der Waals surface area contributed by atoms with Crippen molar-refractivity contribution in [2.45, 2.75) is 70.2 Å². The molecule has 26 heavy (non-hydrogen) atoms. The highest BCUT2D eigenvalue weighted by molar-refractivity contribution is 14.0. The summed E-state index contributed by atoms with van der Waals surface area (Å²) in [6, 6.07) is 0.876. The van der Waals surface area contributed by atoms with Gasteiger partial charge in [0.25, 0.3) is 0 Å². The lowest BCUT2D eigenvalue weighted by atomic mass is 9.46. The second kappa shape index (κ2) is 6.92. The molecule has 0 radical (unpaired) electrons. The highest BCUT2D eigenvalue weighted by Crippen LogP contribution is 2.62. The summed E-state index contributed by atoms with van der Waals surface area (Å²) in [5.41, 5.74) is 0.377. The summed E-state index contributed by atoms with van der Waals surface area (Å²) in [4.78, 5) is 9.01. The minimum absolute atomic E-state index is 0. The standard InChI is InChI=1S/C18H28N6O.HI/c1-11-20-14-5-4-12(10-24(14)23-11)21-17(19-2)22-15-13-6-9-25-16(13)18(15)7-3-8-18;/h12-13,15-16H,3-10H2,1-2H3,(H2,19,21,22);1H. The summed E-state index contributed by atoms with van der Waals surface area (Å²) in [5, 5.41) is 11.9. The Labute approximate surface area is 171 Å². The topological polar surface area (TPSA) is 76.4 Å². The third kappa shape index (κ3) is 2.75. The van der Waals surface area contributed by atoms with Crippen molar-refractivity contribution in [3.05, 3.63) is 11.6 Å². The van der Waals surface area contributed by atoms with E-state index in [1.807, 2.05) is 18.7 Å². The Morgan fingerprint density at radius 1 is 1.31 bits per heavy atom. The minimum Gasteiger partial charge on any atom is -0.377 e. The number of halogens is 1. The van der Waals surface area contributed by atoms with Gasteiger partial charge in [-0.1, -0.05) is 6.42 Å². The first kappa shape index (κ1) is 18.5. The molecule has 4 aliphatic rings. The van der Waals surface area contributed by atoms with E-state index in [1.165, 1.54) is 25.7 Å². The predicted molar refractivity (Wildman–Crippen MR) is 110 cm³/mol. The first-order valence-corrected chi connectivity index (χ1v) is 9.71. The third-order valence-electron chi connectivity index (χ3n) is 6.86. The van der Waals surface area contributed by atoms with E-state index in [0.717, 1.165) is 43.6 Å². The molecule has 1 aromatic rings. The molecule has 144 valence electrons. The maximum Gasteiger partial charge on any atom is 0.191 e. The van der Waals surface area contributed by atoms with E-state index >= 15 is 0 Å². The second-order valence-electron chi connectivity index (χ2n) is 8.16. The molecule has 1 aromatic heterocycles. The Hall–Kier alpha value is -0.900. The van der Waals surface area contributed by atoms with Crippen LogP contribution in [0.5, 0.6) is 0 Å². The first-order valence-electron chi connectivity index (χ1n) is 9.71. The summed E-state index contributed by atoms with van der Waals surface area (Å²) in [7, 11) is 1.87. The van der Waals surface area contributed by atoms with Gasteiger partial charge in [-0.2, -0.15) is 5.10 Å². The van der Waals surface area contributed by atoms with E-state index in [-0.39, 0.29) is 24.0 Å². The van der Waals surface area contributed by atoms with Gasteiger partial charge in [0.1, 0.15) is 11.6 Å². The van der Waals surface area contributed by atoms with Gasteiger partial charge in [0.05, 0.1) is 12.6 Å². The SMILES string of the molecule is CN=C(NC1CCc2nc(C)nn2C1)NC1C2CCOC2C12CCC2.I. The summed E-state index contributed by atoms with van der Waals surface area (Å²) >= 11 is 0. The molecule has 4 atom stereocenters. The summed E-state index contributed by atoms with van der Waals surface area (Å²) in [5.74, 6) is 3.57. The molecule has 3 heterocycles. The van der Waals surface area contributed by atoms with Gasteiger partial charge in [0.15, 0.2) is 5.96 Å². The van der Waals surface area contributed by atoms with Crippen LogP contribution in [0.2, 0.25) is 0 Å². The summed E-state index contributed by atoms with van der Waals surface area (Å²) < 4.78 is 8.07. The summed E-state index contributed by atoms with van der Waals surface area (Å²) in [6.45, 7) is 3.75. The zero-order chi connectivity index (χ0) is 17.0. The van der Waals surface area contributed by atoms with E-state index in [0.29, 0.717) is 29.5 Å². The molecular formula is C18H29IN6O. The van der Waals surface area contributed by atoms with Crippen LogP contribution in [0.1, 0.15) is 43.8 Å². The zero-order valence-electron chi connectivity index (χ0n) is 15.6. The van der Waals surface area contributed by atoms with Crippen molar-refractivity contribution in [1.82, 2.24) is 25.4 Å². The fourth-order valence-corrected chi connectivity index (χ4v) is 5.52. The molecule has 0 bridgehead atoms. The maximum atomic E-state index is 6.03. The monoisotopic (exact) mass is 472 g/mol. The van der Waals surface area contributed by atoms with Crippen molar-refractivity contribution < 1.29 is 4.74 Å². The van der Waals surface area contributed by atoms with Gasteiger partial charge in [-0.25, -0.2) is 9.67 Å². The first-order chi connectivity index (χ1) is 12.2. The minimum atomic E-state index is 0. The largest absolute Gasteiger partial charge is 0.377 e. The number of aromatic nitrogens is 3. The summed E-state index contributed by atoms with van der Waals surface area (Å²) in [6.07, 6.45) is 7.67. The van der Waals surface area contributed by atoms with Crippen molar-refractivity contribution in [3.8, 4) is 0 Å². The number of aliphatic imine (C=N–C) groups is 1. The van der Waals surface area contributed by atoms with Crippen LogP contribution in [-0.4, -0.2) is 52.6 Å². The van der Waals surface area contributed by atoms with Gasteiger partial charge in [0, 0.05) is 43.5 Å². The molecular weight excluding hydrogens is 443 g/mol. The molecule has 7 nitrogen and oxygen atoms in total. The Morgan fingerprint density at radius 2 is 2.15 bits per heavy atom. The van der Waals surface area contributed by atoms with Crippen molar-refractivity contribution in [1.29, 1.82) is 0 Å². The van der Waals surface area contributed by atoms with Crippen LogP contribution in [0.3, 0.4) is 0 Å². The van der Waals surface area contributed by atoms with Gasteiger partial charge in [-0.05, 0) is 32.6 Å². The number of rotatable bonds is 2. The molecule has 3 fully saturated rings. The second-order valence-corrected chi connectivity index (χ2v) is 8.16. The molecule has 2 N–H and O–H groups in total. The number of aryl methyl sites for hydroxylation is 2. The fourth-order valence-electron chi connectivity index (χ4n) is 5.52. The van der Waals surface area contributed by atoms with Crippen LogP contribution in [0.4, 0.5) is 0 Å². The third-order valence-corrected chi connectivity index (χ3v) is 6.86. The van der Waals surface area contributed by atoms with Crippen molar-refractivity contribution in [3.63, 3.8) is 0 Å². The lowest BCUT2D eigenvalue weighted by Gasteiger charge is -2.63. The molecule has 8 heteroatoms. The molecule has 2 aliphatic carbocycles. The molecule has 1 spiro atoms. The van der Waals surface area contributed by atoms with Gasteiger partial charge < -0.3 is 15.4 Å². The highest BCUT2D eigenvalue weighted by Gasteiger charge is 2.66. The highest BCUT2D eigenvalue weighted by atomic mass is 127. The van der Waals surface area contributed by atoms with E-state index in [2.05, 4.69) is 25.7 Å². The van der Waals surface area contributed by atoms with Crippen LogP contribution in [-0.2, 0) is 17.7 Å².